The van der Waals surface area contributed by atoms with Crippen LogP contribution in [0.4, 0.5) is 0 Å². The number of nitrogens with zero attached hydrogens (tertiary/aromatic N) is 4. The van der Waals surface area contributed by atoms with E-state index in [4.69, 9.17) is 10.00 Å². The van der Waals surface area contributed by atoms with E-state index in [1.165, 1.54) is 0 Å². The lowest BCUT2D eigenvalue weighted by atomic mass is 10.5. The number of nitriles is 1. The zero-order valence-electron chi connectivity index (χ0n) is 5.77. The minimum atomic E-state index is 0.214. The normalized spacial score (nSPS) is 21.2. The summed E-state index contributed by atoms with van der Waals surface area (Å²) in [7, 11) is 0. The maximum atomic E-state index is 8.38. The molecule has 0 aromatic carbocycles. The summed E-state index contributed by atoms with van der Waals surface area (Å²) in [5, 5.41) is 12.3. The molecule has 1 aromatic heterocycles. The van der Waals surface area contributed by atoms with Gasteiger partial charge in [-0.05, 0) is 0 Å². The summed E-state index contributed by atoms with van der Waals surface area (Å²) in [6.45, 7) is 1.50. The molecule has 5 nitrogen and oxygen atoms in total. The lowest BCUT2D eigenvalue weighted by molar-refractivity contribution is 0.373. The molecule has 0 saturated carbocycles. The van der Waals surface area contributed by atoms with Crippen LogP contribution in [0.3, 0.4) is 0 Å². The first-order valence-corrected chi connectivity index (χ1v) is 3.29. The molecule has 1 saturated heterocycles. The number of ether oxygens (including phenoxy) is 1. The zero-order valence-corrected chi connectivity index (χ0v) is 5.77. The second-order valence-electron chi connectivity index (χ2n) is 2.36. The van der Waals surface area contributed by atoms with Gasteiger partial charge in [-0.1, -0.05) is 0 Å². The van der Waals surface area contributed by atoms with Gasteiger partial charge >= 0.3 is 0 Å². The highest BCUT2D eigenvalue weighted by Gasteiger charge is 2.23. The van der Waals surface area contributed by atoms with Gasteiger partial charge in [-0.3, -0.25) is 0 Å². The second kappa shape index (κ2) is 2.32. The maximum absolute atomic E-state index is 8.38. The van der Waals surface area contributed by atoms with E-state index in [1.807, 2.05) is 6.07 Å². The molecule has 2 rings (SSSR count). The highest BCUT2D eigenvalue weighted by atomic mass is 16.6. The van der Waals surface area contributed by atoms with E-state index in [-0.39, 0.29) is 11.9 Å². The topological polar surface area (TPSA) is 67.0 Å². The van der Waals surface area contributed by atoms with Crippen LogP contribution in [-0.2, 0) is 11.3 Å². The zero-order chi connectivity index (χ0) is 7.68. The predicted octanol–water partition coefficient (Wildman–Crippen LogP) is -0.451. The van der Waals surface area contributed by atoms with E-state index in [2.05, 4.69) is 10.1 Å². The van der Waals surface area contributed by atoms with Crippen molar-refractivity contribution in [3.63, 3.8) is 0 Å². The van der Waals surface area contributed by atoms with Gasteiger partial charge in [-0.2, -0.15) is 5.26 Å². The third-order valence-corrected chi connectivity index (χ3v) is 1.43. The van der Waals surface area contributed by atoms with Crippen LogP contribution in [0.2, 0.25) is 0 Å². The van der Waals surface area contributed by atoms with E-state index < -0.39 is 0 Å². The number of rotatable bonds is 2. The Labute approximate surface area is 63.2 Å². The largest absolute Gasteiger partial charge is 0.371 e. The molecule has 1 aliphatic heterocycles. The Balaban J connectivity index is 2.07. The molecule has 0 amide bonds. The summed E-state index contributed by atoms with van der Waals surface area (Å²) in [5.74, 6) is 0.214. The van der Waals surface area contributed by atoms with Crippen LogP contribution in [0.15, 0.2) is 6.33 Å². The van der Waals surface area contributed by atoms with Crippen LogP contribution < -0.4 is 0 Å². The van der Waals surface area contributed by atoms with Crippen LogP contribution in [0.5, 0.6) is 0 Å². The molecule has 0 aliphatic carbocycles. The van der Waals surface area contributed by atoms with Gasteiger partial charge in [0.05, 0.1) is 13.2 Å². The van der Waals surface area contributed by atoms with Crippen LogP contribution >= 0.6 is 0 Å². The minimum Gasteiger partial charge on any atom is -0.371 e. The van der Waals surface area contributed by atoms with Crippen LogP contribution in [-0.4, -0.2) is 27.5 Å². The van der Waals surface area contributed by atoms with Crippen LogP contribution in [0, 0.1) is 11.3 Å². The van der Waals surface area contributed by atoms with Gasteiger partial charge in [-0.15, -0.1) is 5.10 Å². The Morgan fingerprint density at radius 2 is 2.73 bits per heavy atom. The molecule has 0 N–H and O–H groups in total. The summed E-state index contributed by atoms with van der Waals surface area (Å²) >= 11 is 0. The molecule has 0 bridgehead atoms. The maximum Gasteiger partial charge on any atom is 0.252 e. The van der Waals surface area contributed by atoms with Gasteiger partial charge < -0.3 is 4.74 Å². The van der Waals surface area contributed by atoms with Gasteiger partial charge in [-0.25, -0.2) is 9.67 Å². The van der Waals surface area contributed by atoms with E-state index in [0.29, 0.717) is 6.54 Å². The molecule has 1 unspecified atom stereocenters. The molecule has 1 aliphatic rings. The summed E-state index contributed by atoms with van der Waals surface area (Å²) in [6.07, 6.45) is 1.82. The van der Waals surface area contributed by atoms with Gasteiger partial charge in [0.2, 0.25) is 0 Å². The first-order valence-electron chi connectivity index (χ1n) is 3.29. The van der Waals surface area contributed by atoms with E-state index in [9.17, 15) is 0 Å². The molecular formula is C6H6N4O. The average Bonchev–Trinajstić information content (AvgIpc) is 2.68. The van der Waals surface area contributed by atoms with Crippen molar-refractivity contribution in [1.82, 2.24) is 14.8 Å². The van der Waals surface area contributed by atoms with E-state index >= 15 is 0 Å². The molecule has 56 valence electrons. The summed E-state index contributed by atoms with van der Waals surface area (Å²) in [5.41, 5.74) is 0. The first-order chi connectivity index (χ1) is 5.38. The molecule has 5 heteroatoms. The first kappa shape index (κ1) is 6.31. The number of hydrogen-bond donors (Lipinski definition) is 0. The standard InChI is InChI=1S/C6H6N4O/c7-1-6-8-4-10(9-6)2-5-3-11-5/h4-5H,2-3H2. The van der Waals surface area contributed by atoms with Crippen molar-refractivity contribution >= 4 is 0 Å². The van der Waals surface area contributed by atoms with Crippen molar-refractivity contribution in [2.75, 3.05) is 6.61 Å². The smallest absolute Gasteiger partial charge is 0.252 e. The third-order valence-electron chi connectivity index (χ3n) is 1.43. The average molecular weight is 150 g/mol. The van der Waals surface area contributed by atoms with Crippen molar-refractivity contribution in [2.24, 2.45) is 0 Å². The molecular weight excluding hydrogens is 144 g/mol. The van der Waals surface area contributed by atoms with Crippen molar-refractivity contribution in [3.05, 3.63) is 12.2 Å². The fourth-order valence-corrected chi connectivity index (χ4v) is 0.816. The van der Waals surface area contributed by atoms with Crippen molar-refractivity contribution < 1.29 is 4.74 Å². The molecule has 1 fully saturated rings. The van der Waals surface area contributed by atoms with Crippen LogP contribution in [0.25, 0.3) is 0 Å². The van der Waals surface area contributed by atoms with Crippen molar-refractivity contribution in [1.29, 1.82) is 5.26 Å². The number of epoxide rings is 1. The fraction of sp³-hybridized carbons (Fsp3) is 0.500. The van der Waals surface area contributed by atoms with Gasteiger partial charge in [0.1, 0.15) is 18.5 Å². The minimum absolute atomic E-state index is 0.214. The van der Waals surface area contributed by atoms with E-state index in [0.717, 1.165) is 6.61 Å². The highest BCUT2D eigenvalue weighted by molar-refractivity contribution is 5.05. The molecule has 2 heterocycles. The van der Waals surface area contributed by atoms with E-state index in [1.54, 1.807) is 11.0 Å². The Bertz CT molecular complexity index is 296. The Hall–Kier alpha value is -1.41. The lowest BCUT2D eigenvalue weighted by Crippen LogP contribution is -2.04. The molecule has 0 radical (unpaired) electrons. The van der Waals surface area contributed by atoms with Gasteiger partial charge in [0.15, 0.2) is 0 Å². The highest BCUT2D eigenvalue weighted by Crippen LogP contribution is 2.10. The number of hydrogen-bond acceptors (Lipinski definition) is 4. The fourth-order valence-electron chi connectivity index (χ4n) is 0.816. The Kier molecular flexibility index (Phi) is 1.33. The molecule has 1 atom stereocenters. The van der Waals surface area contributed by atoms with Gasteiger partial charge in [0.25, 0.3) is 5.82 Å². The van der Waals surface area contributed by atoms with Crippen molar-refractivity contribution in [3.8, 4) is 6.07 Å². The van der Waals surface area contributed by atoms with Crippen molar-refractivity contribution in [2.45, 2.75) is 12.6 Å². The third kappa shape index (κ3) is 1.36. The quantitative estimate of drug-likeness (QED) is 0.535. The Morgan fingerprint density at radius 3 is 3.27 bits per heavy atom. The SMILES string of the molecule is N#Cc1ncn(CC2CO2)n1. The molecule has 0 spiro atoms. The Morgan fingerprint density at radius 1 is 1.91 bits per heavy atom. The molecule has 11 heavy (non-hydrogen) atoms. The monoisotopic (exact) mass is 150 g/mol. The number of aromatic nitrogens is 3. The summed E-state index contributed by atoms with van der Waals surface area (Å²) < 4.78 is 6.61. The molecule has 1 aromatic rings. The predicted molar refractivity (Wildman–Crippen MR) is 34.5 cm³/mol. The van der Waals surface area contributed by atoms with Crippen LogP contribution in [0.1, 0.15) is 5.82 Å². The summed E-state index contributed by atoms with van der Waals surface area (Å²) in [4.78, 5) is 3.75. The lowest BCUT2D eigenvalue weighted by Gasteiger charge is -1.91. The second-order valence-corrected chi connectivity index (χ2v) is 2.36. The summed E-state index contributed by atoms with van der Waals surface area (Å²) in [6, 6.07) is 1.86. The van der Waals surface area contributed by atoms with Gasteiger partial charge in [0, 0.05) is 0 Å².